The van der Waals surface area contributed by atoms with Crippen LogP contribution in [-0.2, 0) is 0 Å². The molecule has 120 valence electrons. The first-order chi connectivity index (χ1) is 11.6. The highest BCUT2D eigenvalue weighted by Gasteiger charge is 2.18. The lowest BCUT2D eigenvalue weighted by atomic mass is 9.93. The van der Waals surface area contributed by atoms with E-state index in [9.17, 15) is 4.39 Å². The fraction of sp³-hybridized carbons (Fsp3) is 0.100. The Bertz CT molecular complexity index is 925. The highest BCUT2D eigenvalue weighted by atomic mass is 35.5. The minimum absolute atomic E-state index is 0.136. The van der Waals surface area contributed by atoms with Crippen LogP contribution >= 0.6 is 23.4 Å². The van der Waals surface area contributed by atoms with Gasteiger partial charge in [0.25, 0.3) is 0 Å². The van der Waals surface area contributed by atoms with E-state index in [1.54, 1.807) is 23.9 Å². The summed E-state index contributed by atoms with van der Waals surface area (Å²) in [6, 6.07) is 19.6. The smallest absolute Gasteiger partial charge is 0.141 e. The van der Waals surface area contributed by atoms with Crippen LogP contribution in [0, 0.1) is 5.82 Å². The van der Waals surface area contributed by atoms with Crippen molar-refractivity contribution in [3.63, 3.8) is 0 Å². The van der Waals surface area contributed by atoms with Gasteiger partial charge in [-0.3, -0.25) is 0 Å². The molecule has 3 aromatic rings. The molecule has 0 saturated carbocycles. The third-order valence-corrected chi connectivity index (χ3v) is 5.77. The highest BCUT2D eigenvalue weighted by Crippen LogP contribution is 2.45. The number of benzene rings is 3. The van der Waals surface area contributed by atoms with E-state index in [1.165, 1.54) is 21.4 Å². The predicted molar refractivity (Wildman–Crippen MR) is 99.2 cm³/mol. The monoisotopic (exact) mass is 355 g/mol. The van der Waals surface area contributed by atoms with Crippen molar-refractivity contribution in [2.75, 3.05) is 5.32 Å². The van der Waals surface area contributed by atoms with Gasteiger partial charge in [-0.1, -0.05) is 54.6 Å². The van der Waals surface area contributed by atoms with Gasteiger partial charge in [0.2, 0.25) is 0 Å². The van der Waals surface area contributed by atoms with Gasteiger partial charge in [0, 0.05) is 15.7 Å². The number of fused-ring (bicyclic) bond motifs is 2. The van der Waals surface area contributed by atoms with Gasteiger partial charge < -0.3 is 5.32 Å². The predicted octanol–water partition coefficient (Wildman–Crippen LogP) is 6.84. The summed E-state index contributed by atoms with van der Waals surface area (Å²) in [5.41, 5.74) is 4.41. The van der Waals surface area contributed by atoms with Crippen molar-refractivity contribution in [2.45, 2.75) is 22.6 Å². The zero-order chi connectivity index (χ0) is 16.7. The average molecular weight is 356 g/mol. The van der Waals surface area contributed by atoms with Crippen LogP contribution in [0.5, 0.6) is 0 Å². The molecule has 1 nitrogen and oxygen atoms in total. The molecular weight excluding hydrogens is 341 g/mol. The second kappa shape index (κ2) is 6.15. The van der Waals surface area contributed by atoms with Crippen LogP contribution in [0.15, 0.2) is 70.5 Å². The lowest BCUT2D eigenvalue weighted by molar-refractivity contribution is 0.627. The van der Waals surface area contributed by atoms with E-state index < -0.39 is 0 Å². The van der Waals surface area contributed by atoms with Gasteiger partial charge in [-0.2, -0.15) is 0 Å². The Labute approximate surface area is 149 Å². The van der Waals surface area contributed by atoms with Crippen LogP contribution in [0.1, 0.15) is 24.0 Å². The minimum atomic E-state index is -0.382. The van der Waals surface area contributed by atoms with E-state index in [0.29, 0.717) is 0 Å². The molecule has 1 unspecified atom stereocenters. The lowest BCUT2D eigenvalue weighted by Gasteiger charge is -2.22. The summed E-state index contributed by atoms with van der Waals surface area (Å²) in [6.45, 7) is 2.11. The van der Waals surface area contributed by atoms with Crippen LogP contribution in [-0.4, -0.2) is 0 Å². The standard InChI is InChI=1S/C20H15ClFNS/c1-12(13-6-8-16(22)15(21)10-13)14-7-9-20-18(11-14)23-17-4-2-3-5-19(17)24-20/h2-12,23H,1H3. The Morgan fingerprint density at radius 3 is 2.46 bits per heavy atom. The average Bonchev–Trinajstić information content (AvgIpc) is 2.61. The number of rotatable bonds is 2. The molecule has 0 aliphatic carbocycles. The first-order valence-corrected chi connectivity index (χ1v) is 8.94. The van der Waals surface area contributed by atoms with Gasteiger partial charge in [-0.15, -0.1) is 0 Å². The summed E-state index contributed by atoms with van der Waals surface area (Å²) in [6.07, 6.45) is 0. The summed E-state index contributed by atoms with van der Waals surface area (Å²) in [5, 5.41) is 3.67. The van der Waals surface area contributed by atoms with Gasteiger partial charge >= 0.3 is 0 Å². The number of halogens is 2. The Morgan fingerprint density at radius 1 is 0.917 bits per heavy atom. The van der Waals surface area contributed by atoms with Gasteiger partial charge in [-0.05, 0) is 47.5 Å². The number of para-hydroxylation sites is 1. The van der Waals surface area contributed by atoms with Crippen molar-refractivity contribution in [3.05, 3.63) is 82.6 Å². The first kappa shape index (κ1) is 15.6. The quantitative estimate of drug-likeness (QED) is 0.422. The van der Waals surface area contributed by atoms with Crippen LogP contribution in [0.4, 0.5) is 15.8 Å². The molecule has 4 heteroatoms. The third-order valence-electron chi connectivity index (χ3n) is 4.32. The molecule has 0 spiro atoms. The van der Waals surface area contributed by atoms with Gasteiger partial charge in [0.1, 0.15) is 5.82 Å². The van der Waals surface area contributed by atoms with E-state index in [1.807, 2.05) is 12.1 Å². The topological polar surface area (TPSA) is 12.0 Å². The molecule has 0 radical (unpaired) electrons. The number of hydrogen-bond donors (Lipinski definition) is 1. The van der Waals surface area contributed by atoms with E-state index in [0.717, 1.165) is 16.9 Å². The number of hydrogen-bond acceptors (Lipinski definition) is 2. The number of nitrogens with one attached hydrogen (secondary N) is 1. The molecule has 4 rings (SSSR count). The van der Waals surface area contributed by atoms with Crippen molar-refractivity contribution in [2.24, 2.45) is 0 Å². The first-order valence-electron chi connectivity index (χ1n) is 7.74. The van der Waals surface area contributed by atoms with Crippen molar-refractivity contribution in [1.82, 2.24) is 0 Å². The second-order valence-corrected chi connectivity index (χ2v) is 7.37. The van der Waals surface area contributed by atoms with Gasteiger partial charge in [-0.25, -0.2) is 4.39 Å². The molecule has 3 aromatic carbocycles. The fourth-order valence-electron chi connectivity index (χ4n) is 2.90. The molecule has 0 fully saturated rings. The summed E-state index contributed by atoms with van der Waals surface area (Å²) in [5.74, 6) is -0.245. The maximum Gasteiger partial charge on any atom is 0.141 e. The summed E-state index contributed by atoms with van der Waals surface area (Å²) in [4.78, 5) is 2.44. The SMILES string of the molecule is CC(c1ccc(F)c(Cl)c1)c1ccc2c(c1)Nc1ccccc1S2. The van der Waals surface area contributed by atoms with Crippen LogP contribution in [0.3, 0.4) is 0 Å². The van der Waals surface area contributed by atoms with Gasteiger partial charge in [0.15, 0.2) is 0 Å². The summed E-state index contributed by atoms with van der Waals surface area (Å²) in [7, 11) is 0. The second-order valence-electron chi connectivity index (χ2n) is 5.87. The molecule has 0 amide bonds. The van der Waals surface area contributed by atoms with Crippen molar-refractivity contribution < 1.29 is 4.39 Å². The zero-order valence-electron chi connectivity index (χ0n) is 13.0. The van der Waals surface area contributed by atoms with E-state index >= 15 is 0 Å². The zero-order valence-corrected chi connectivity index (χ0v) is 14.6. The minimum Gasteiger partial charge on any atom is -0.354 e. The molecule has 0 saturated heterocycles. The number of anilines is 2. The Kier molecular flexibility index (Phi) is 3.99. The molecule has 1 atom stereocenters. The normalized spacial score (nSPS) is 13.6. The third kappa shape index (κ3) is 2.79. The molecule has 1 aliphatic rings. The van der Waals surface area contributed by atoms with Crippen molar-refractivity contribution >= 4 is 34.7 Å². The largest absolute Gasteiger partial charge is 0.354 e. The van der Waals surface area contributed by atoms with Crippen molar-refractivity contribution in [1.29, 1.82) is 0 Å². The van der Waals surface area contributed by atoms with E-state index in [4.69, 9.17) is 11.6 Å². The Morgan fingerprint density at radius 2 is 1.62 bits per heavy atom. The maximum atomic E-state index is 13.4. The summed E-state index contributed by atoms with van der Waals surface area (Å²) < 4.78 is 13.4. The summed E-state index contributed by atoms with van der Waals surface area (Å²) >= 11 is 7.70. The molecule has 1 heterocycles. The fourth-order valence-corrected chi connectivity index (χ4v) is 4.06. The molecular formula is C20H15ClFNS. The van der Waals surface area contributed by atoms with E-state index in [-0.39, 0.29) is 16.8 Å². The Hall–Kier alpha value is -1.97. The highest BCUT2D eigenvalue weighted by molar-refractivity contribution is 7.99. The Balaban J connectivity index is 1.67. The molecule has 1 N–H and O–H groups in total. The van der Waals surface area contributed by atoms with Crippen LogP contribution in [0.25, 0.3) is 0 Å². The molecule has 1 aliphatic heterocycles. The molecule has 0 bridgehead atoms. The van der Waals surface area contributed by atoms with Crippen molar-refractivity contribution in [3.8, 4) is 0 Å². The van der Waals surface area contributed by atoms with Crippen LogP contribution in [0.2, 0.25) is 5.02 Å². The van der Waals surface area contributed by atoms with Gasteiger partial charge in [0.05, 0.1) is 16.4 Å². The molecule has 24 heavy (non-hydrogen) atoms. The lowest BCUT2D eigenvalue weighted by Crippen LogP contribution is -2.02. The molecule has 0 aromatic heterocycles. The van der Waals surface area contributed by atoms with Crippen LogP contribution < -0.4 is 5.32 Å². The maximum absolute atomic E-state index is 13.4. The van der Waals surface area contributed by atoms with E-state index in [2.05, 4.69) is 42.6 Å².